The van der Waals surface area contributed by atoms with Crippen molar-refractivity contribution in [2.24, 2.45) is 0 Å². The van der Waals surface area contributed by atoms with Gasteiger partial charge in [-0.15, -0.1) is 0 Å². The molecule has 0 saturated heterocycles. The third-order valence-electron chi connectivity index (χ3n) is 3.79. The number of hydrogen-bond donors (Lipinski definition) is 1. The van der Waals surface area contributed by atoms with E-state index in [9.17, 15) is 3.47 Å². The number of halogens is 2. The maximum absolute atomic E-state index is 16.4. The van der Waals surface area contributed by atoms with Gasteiger partial charge in [0, 0.05) is 0 Å². The molecule has 0 bridgehead atoms. The van der Waals surface area contributed by atoms with E-state index in [2.05, 4.69) is 0 Å². The van der Waals surface area contributed by atoms with Crippen LogP contribution in [0, 0.1) is 0 Å². The average molecular weight is 414 g/mol. The molecular weight excluding hydrogens is 398 g/mol. The second kappa shape index (κ2) is 4.63. The zero-order valence-electron chi connectivity index (χ0n) is 11.8. The third-order valence-corrected chi connectivity index (χ3v) is 15.0. The standard InChI is InChI=1S/C18H16F2OTe/c19-22(20,21,16-10-4-1-5-11-16,17-12-6-2-7-13-17)18-14-8-3-9-15-18/h1-15,21H. The van der Waals surface area contributed by atoms with Gasteiger partial charge < -0.3 is 0 Å². The number of rotatable bonds is 3. The molecule has 1 nitrogen and oxygen atoms in total. The molecule has 0 aliphatic heterocycles. The fourth-order valence-electron chi connectivity index (χ4n) is 2.57. The van der Waals surface area contributed by atoms with E-state index < -0.39 is 17.0 Å². The first kappa shape index (κ1) is 15.2. The molecular formula is C18H16F2OTe. The van der Waals surface area contributed by atoms with Crippen molar-refractivity contribution in [3.63, 3.8) is 0 Å². The van der Waals surface area contributed by atoms with Crippen molar-refractivity contribution in [2.75, 3.05) is 0 Å². The van der Waals surface area contributed by atoms with E-state index in [1.54, 1.807) is 18.2 Å². The van der Waals surface area contributed by atoms with Gasteiger partial charge in [0.2, 0.25) is 0 Å². The topological polar surface area (TPSA) is 20.2 Å². The van der Waals surface area contributed by atoms with Gasteiger partial charge in [-0.1, -0.05) is 0 Å². The second-order valence-corrected chi connectivity index (χ2v) is 16.3. The molecule has 3 aromatic carbocycles. The molecule has 0 saturated carbocycles. The van der Waals surface area contributed by atoms with E-state index in [0.29, 0.717) is 0 Å². The summed E-state index contributed by atoms with van der Waals surface area (Å²) in [6.45, 7) is 0. The van der Waals surface area contributed by atoms with Crippen molar-refractivity contribution >= 4 is 27.8 Å². The SMILES string of the molecule is O[Te](F)(F)(c1ccccc1)(c1ccccc1)c1ccccc1. The van der Waals surface area contributed by atoms with Crippen LogP contribution < -0.4 is 10.8 Å². The molecule has 0 aromatic heterocycles. The molecule has 22 heavy (non-hydrogen) atoms. The molecule has 0 heterocycles. The van der Waals surface area contributed by atoms with Crippen molar-refractivity contribution in [1.82, 2.24) is 0 Å². The molecule has 0 aliphatic rings. The van der Waals surface area contributed by atoms with E-state index in [4.69, 9.17) is 0 Å². The Hall–Kier alpha value is -1.73. The first-order valence-electron chi connectivity index (χ1n) is 6.84. The van der Waals surface area contributed by atoms with Gasteiger partial charge in [-0.25, -0.2) is 0 Å². The molecule has 0 unspecified atom stereocenters. The molecule has 0 fully saturated rings. The Labute approximate surface area is 128 Å². The Bertz CT molecular complexity index is 685. The van der Waals surface area contributed by atoms with Crippen molar-refractivity contribution < 1.29 is 9.25 Å². The quantitative estimate of drug-likeness (QED) is 0.654. The van der Waals surface area contributed by atoms with Crippen LogP contribution in [0.5, 0.6) is 0 Å². The minimum absolute atomic E-state index is 0.304. The first-order chi connectivity index (χ1) is 10.4. The van der Waals surface area contributed by atoms with Crippen LogP contribution >= 0.6 is 0 Å². The minimum atomic E-state index is -7.88. The zero-order chi connectivity index (χ0) is 15.7. The van der Waals surface area contributed by atoms with Gasteiger partial charge in [0.1, 0.15) is 0 Å². The van der Waals surface area contributed by atoms with Crippen LogP contribution in [0.4, 0.5) is 5.78 Å². The molecule has 0 spiro atoms. The third kappa shape index (κ3) is 1.99. The van der Waals surface area contributed by atoms with E-state index in [0.717, 1.165) is 0 Å². The Kier molecular flexibility index (Phi) is 3.19. The van der Waals surface area contributed by atoms with Gasteiger partial charge in [-0.3, -0.25) is 0 Å². The Balaban J connectivity index is 2.49. The summed E-state index contributed by atoms with van der Waals surface area (Å²) in [5, 5.41) is 0. The van der Waals surface area contributed by atoms with Gasteiger partial charge in [0.25, 0.3) is 0 Å². The Morgan fingerprint density at radius 2 is 0.727 bits per heavy atom. The second-order valence-electron chi connectivity index (χ2n) is 5.18. The summed E-state index contributed by atoms with van der Waals surface area (Å²) in [4.78, 5) is 0. The number of benzene rings is 3. The monoisotopic (exact) mass is 416 g/mol. The molecule has 1 N–H and O–H groups in total. The summed E-state index contributed by atoms with van der Waals surface area (Å²) in [6.07, 6.45) is 0. The van der Waals surface area contributed by atoms with Crippen LogP contribution in [0.15, 0.2) is 91.0 Å². The van der Waals surface area contributed by atoms with E-state index >= 15 is 5.78 Å². The molecule has 0 radical (unpaired) electrons. The Morgan fingerprint density at radius 1 is 0.500 bits per heavy atom. The van der Waals surface area contributed by atoms with Crippen molar-refractivity contribution in [3.05, 3.63) is 91.0 Å². The average Bonchev–Trinajstić information content (AvgIpc) is 2.58. The summed E-state index contributed by atoms with van der Waals surface area (Å²) in [5.41, 5.74) is 0. The van der Waals surface area contributed by atoms with Crippen LogP contribution in [0.2, 0.25) is 0 Å². The van der Waals surface area contributed by atoms with Gasteiger partial charge in [-0.2, -0.15) is 0 Å². The van der Waals surface area contributed by atoms with E-state index in [1.807, 2.05) is 0 Å². The van der Waals surface area contributed by atoms with Crippen LogP contribution in [0.1, 0.15) is 0 Å². The fraction of sp³-hybridized carbons (Fsp3) is 0. The zero-order valence-corrected chi connectivity index (χ0v) is 14.1. The van der Waals surface area contributed by atoms with Crippen LogP contribution in [0.25, 0.3) is 0 Å². The van der Waals surface area contributed by atoms with Gasteiger partial charge in [0.05, 0.1) is 0 Å². The fourth-order valence-corrected chi connectivity index (χ4v) is 11.4. The first-order valence-corrected chi connectivity index (χ1v) is 13.1. The predicted molar refractivity (Wildman–Crippen MR) is 88.4 cm³/mol. The summed E-state index contributed by atoms with van der Waals surface area (Å²) in [7, 11) is 0. The summed E-state index contributed by atoms with van der Waals surface area (Å²) < 4.78 is 43.2. The number of hydrogen-bond acceptors (Lipinski definition) is 1. The molecule has 114 valence electrons. The van der Waals surface area contributed by atoms with Crippen molar-refractivity contribution in [1.29, 1.82) is 0 Å². The molecule has 3 rings (SSSR count). The van der Waals surface area contributed by atoms with E-state index in [-0.39, 0.29) is 10.8 Å². The van der Waals surface area contributed by atoms with Gasteiger partial charge in [-0.05, 0) is 0 Å². The van der Waals surface area contributed by atoms with E-state index in [1.165, 1.54) is 72.8 Å². The molecule has 0 atom stereocenters. The predicted octanol–water partition coefficient (Wildman–Crippen LogP) is 2.49. The molecule has 3 aromatic rings. The maximum atomic E-state index is 16.4. The van der Waals surface area contributed by atoms with Crippen molar-refractivity contribution in [3.8, 4) is 0 Å². The van der Waals surface area contributed by atoms with Crippen LogP contribution in [-0.4, -0.2) is 20.5 Å². The van der Waals surface area contributed by atoms with Crippen LogP contribution in [-0.2, 0) is 0 Å². The molecule has 0 aliphatic carbocycles. The summed E-state index contributed by atoms with van der Waals surface area (Å²) >= 11 is -7.88. The van der Waals surface area contributed by atoms with Gasteiger partial charge >= 0.3 is 128 Å². The molecule has 4 heteroatoms. The Morgan fingerprint density at radius 3 is 0.955 bits per heavy atom. The van der Waals surface area contributed by atoms with Crippen molar-refractivity contribution in [2.45, 2.75) is 0 Å². The molecule has 0 amide bonds. The summed E-state index contributed by atoms with van der Waals surface area (Å²) in [6, 6.07) is 22.0. The normalized spacial score (nSPS) is 14.9. The van der Waals surface area contributed by atoms with Crippen LogP contribution in [0.3, 0.4) is 0 Å². The van der Waals surface area contributed by atoms with Gasteiger partial charge in [0.15, 0.2) is 0 Å². The summed E-state index contributed by atoms with van der Waals surface area (Å²) in [5.74, 6) is 0.